The van der Waals surface area contributed by atoms with Gasteiger partial charge in [0.2, 0.25) is 5.91 Å². The molecule has 2 rings (SSSR count). The van der Waals surface area contributed by atoms with E-state index in [2.05, 4.69) is 15.4 Å². The molecule has 0 fully saturated rings. The van der Waals surface area contributed by atoms with E-state index in [1.165, 1.54) is 24.3 Å². The molecule has 0 radical (unpaired) electrons. The van der Waals surface area contributed by atoms with Gasteiger partial charge < -0.3 is 15.4 Å². The molecule has 0 bridgehead atoms. The Balaban J connectivity index is 1.82. The molecule has 0 aliphatic heterocycles. The third kappa shape index (κ3) is 5.10. The highest BCUT2D eigenvalue weighted by molar-refractivity contribution is 5.93. The number of para-hydroxylation sites is 1. The largest absolute Gasteiger partial charge is 0.435 e. The average molecular weight is 292 g/mol. The van der Waals surface area contributed by atoms with Gasteiger partial charge in [-0.15, -0.1) is 0 Å². The Hall–Kier alpha value is -2.63. The number of ether oxygens (including phenoxy) is 1. The van der Waals surface area contributed by atoms with Crippen molar-refractivity contribution in [2.45, 2.75) is 6.61 Å². The summed E-state index contributed by atoms with van der Waals surface area (Å²) in [4.78, 5) is 11.7. The number of benzene rings is 2. The summed E-state index contributed by atoms with van der Waals surface area (Å²) in [6, 6.07) is 15.0. The molecule has 0 spiro atoms. The van der Waals surface area contributed by atoms with Gasteiger partial charge in [0.15, 0.2) is 0 Å². The van der Waals surface area contributed by atoms with Crippen molar-refractivity contribution in [3.63, 3.8) is 0 Å². The van der Waals surface area contributed by atoms with Crippen LogP contribution in [-0.4, -0.2) is 19.1 Å². The highest BCUT2D eigenvalue weighted by Gasteiger charge is 2.05. The third-order valence-corrected chi connectivity index (χ3v) is 2.59. The second-order valence-corrected chi connectivity index (χ2v) is 4.17. The van der Waals surface area contributed by atoms with Crippen LogP contribution in [0.15, 0.2) is 54.6 Å². The van der Waals surface area contributed by atoms with Crippen molar-refractivity contribution in [1.82, 2.24) is 0 Å². The van der Waals surface area contributed by atoms with E-state index < -0.39 is 6.61 Å². The minimum Gasteiger partial charge on any atom is -0.435 e. The number of hydrogen-bond acceptors (Lipinski definition) is 3. The van der Waals surface area contributed by atoms with E-state index in [-0.39, 0.29) is 18.2 Å². The lowest BCUT2D eigenvalue weighted by Gasteiger charge is -2.09. The molecule has 1 amide bonds. The van der Waals surface area contributed by atoms with Crippen LogP contribution in [0, 0.1) is 0 Å². The first kappa shape index (κ1) is 14.8. The van der Waals surface area contributed by atoms with Gasteiger partial charge in [0.25, 0.3) is 0 Å². The zero-order valence-electron chi connectivity index (χ0n) is 11.1. The first-order chi connectivity index (χ1) is 10.1. The first-order valence-corrected chi connectivity index (χ1v) is 6.27. The summed E-state index contributed by atoms with van der Waals surface area (Å²) in [5.41, 5.74) is 1.35. The van der Waals surface area contributed by atoms with Crippen LogP contribution < -0.4 is 15.4 Å². The molecule has 2 aromatic rings. The smallest absolute Gasteiger partial charge is 0.387 e. The van der Waals surface area contributed by atoms with E-state index in [0.717, 1.165) is 5.69 Å². The summed E-state index contributed by atoms with van der Waals surface area (Å²) >= 11 is 0. The molecule has 0 aromatic heterocycles. The minimum atomic E-state index is -2.86. The lowest BCUT2D eigenvalue weighted by Crippen LogP contribution is -2.21. The predicted octanol–water partition coefficient (Wildman–Crippen LogP) is 3.34. The maximum atomic E-state index is 12.0. The van der Waals surface area contributed by atoms with E-state index in [9.17, 15) is 13.6 Å². The molecule has 2 aromatic carbocycles. The topological polar surface area (TPSA) is 50.4 Å². The summed E-state index contributed by atoms with van der Waals surface area (Å²) in [6.45, 7) is -2.75. The standard InChI is InChI=1S/C15H14F2N2O2/c16-15(17)21-13-8-6-12(7-9-13)19-14(20)10-18-11-4-2-1-3-5-11/h1-9,15,18H,10H2,(H,19,20). The van der Waals surface area contributed by atoms with Crippen molar-refractivity contribution in [2.75, 3.05) is 17.2 Å². The number of halogens is 2. The summed E-state index contributed by atoms with van der Waals surface area (Å²) in [6.07, 6.45) is 0. The van der Waals surface area contributed by atoms with Gasteiger partial charge in [-0.05, 0) is 36.4 Å². The molecule has 4 nitrogen and oxygen atoms in total. The monoisotopic (exact) mass is 292 g/mol. The highest BCUT2D eigenvalue weighted by atomic mass is 19.3. The fourth-order valence-corrected chi connectivity index (χ4v) is 1.66. The molecule has 21 heavy (non-hydrogen) atoms. The molecule has 110 valence electrons. The Bertz CT molecular complexity index is 574. The number of hydrogen-bond donors (Lipinski definition) is 2. The molecule has 0 heterocycles. The van der Waals surface area contributed by atoms with E-state index >= 15 is 0 Å². The van der Waals surface area contributed by atoms with Gasteiger partial charge in [-0.1, -0.05) is 18.2 Å². The average Bonchev–Trinajstić information content (AvgIpc) is 2.48. The first-order valence-electron chi connectivity index (χ1n) is 6.27. The van der Waals surface area contributed by atoms with E-state index in [1.807, 2.05) is 30.3 Å². The highest BCUT2D eigenvalue weighted by Crippen LogP contribution is 2.17. The molecule has 0 aliphatic rings. The predicted molar refractivity (Wildman–Crippen MR) is 76.6 cm³/mol. The van der Waals surface area contributed by atoms with E-state index in [1.54, 1.807) is 0 Å². The van der Waals surface area contributed by atoms with Crippen molar-refractivity contribution in [3.8, 4) is 5.75 Å². The Labute approximate surface area is 120 Å². The number of carbonyl (C=O) groups is 1. The Kier molecular flexibility index (Phi) is 5.09. The van der Waals surface area contributed by atoms with Crippen LogP contribution >= 0.6 is 0 Å². The second kappa shape index (κ2) is 7.23. The van der Waals surface area contributed by atoms with Gasteiger partial charge in [-0.25, -0.2) is 0 Å². The minimum absolute atomic E-state index is 0.0467. The zero-order valence-corrected chi connectivity index (χ0v) is 11.1. The van der Waals surface area contributed by atoms with Crippen LogP contribution in [-0.2, 0) is 4.79 Å². The number of carbonyl (C=O) groups excluding carboxylic acids is 1. The van der Waals surface area contributed by atoms with Crippen molar-refractivity contribution < 1.29 is 18.3 Å². The number of rotatable bonds is 6. The normalized spacial score (nSPS) is 10.2. The SMILES string of the molecule is O=C(CNc1ccccc1)Nc1ccc(OC(F)F)cc1. The van der Waals surface area contributed by atoms with Crippen LogP contribution in [0.3, 0.4) is 0 Å². The van der Waals surface area contributed by atoms with Crippen LogP contribution in [0.4, 0.5) is 20.2 Å². The van der Waals surface area contributed by atoms with Gasteiger partial charge in [0.05, 0.1) is 6.54 Å². The molecular weight excluding hydrogens is 278 g/mol. The summed E-state index contributed by atoms with van der Waals surface area (Å²) in [5, 5.41) is 5.61. The number of alkyl halides is 2. The molecule has 0 unspecified atom stereocenters. The van der Waals surface area contributed by atoms with Crippen LogP contribution in [0.5, 0.6) is 5.75 Å². The quantitative estimate of drug-likeness (QED) is 0.858. The fraction of sp³-hybridized carbons (Fsp3) is 0.133. The number of anilines is 2. The van der Waals surface area contributed by atoms with Crippen LogP contribution in [0.2, 0.25) is 0 Å². The Morgan fingerprint density at radius 2 is 1.67 bits per heavy atom. The maximum Gasteiger partial charge on any atom is 0.387 e. The van der Waals surface area contributed by atoms with Crippen molar-refractivity contribution in [1.29, 1.82) is 0 Å². The van der Waals surface area contributed by atoms with Crippen LogP contribution in [0.1, 0.15) is 0 Å². The van der Waals surface area contributed by atoms with Gasteiger partial charge >= 0.3 is 6.61 Å². The zero-order chi connectivity index (χ0) is 15.1. The molecule has 2 N–H and O–H groups in total. The van der Waals surface area contributed by atoms with E-state index in [4.69, 9.17) is 0 Å². The molecular formula is C15H14F2N2O2. The van der Waals surface area contributed by atoms with Crippen molar-refractivity contribution in [3.05, 3.63) is 54.6 Å². The molecule has 0 saturated carbocycles. The summed E-state index contributed by atoms with van der Waals surface area (Å²) in [5.74, 6) is -0.188. The number of nitrogens with one attached hydrogen (secondary N) is 2. The lowest BCUT2D eigenvalue weighted by molar-refractivity contribution is -0.114. The van der Waals surface area contributed by atoms with Crippen molar-refractivity contribution in [2.24, 2.45) is 0 Å². The van der Waals surface area contributed by atoms with Gasteiger partial charge in [0, 0.05) is 11.4 Å². The van der Waals surface area contributed by atoms with E-state index in [0.29, 0.717) is 5.69 Å². The molecule has 0 aliphatic carbocycles. The van der Waals surface area contributed by atoms with Gasteiger partial charge in [0.1, 0.15) is 5.75 Å². The molecule has 0 atom stereocenters. The van der Waals surface area contributed by atoms with Crippen LogP contribution in [0.25, 0.3) is 0 Å². The molecule has 0 saturated heterocycles. The summed E-state index contributed by atoms with van der Waals surface area (Å²) < 4.78 is 28.2. The van der Waals surface area contributed by atoms with Gasteiger partial charge in [-0.3, -0.25) is 4.79 Å². The van der Waals surface area contributed by atoms with Gasteiger partial charge in [-0.2, -0.15) is 8.78 Å². The lowest BCUT2D eigenvalue weighted by atomic mass is 10.3. The Morgan fingerprint density at radius 1 is 1.00 bits per heavy atom. The Morgan fingerprint density at radius 3 is 2.29 bits per heavy atom. The fourth-order valence-electron chi connectivity index (χ4n) is 1.66. The third-order valence-electron chi connectivity index (χ3n) is 2.59. The second-order valence-electron chi connectivity index (χ2n) is 4.17. The molecule has 6 heteroatoms. The number of amides is 1. The maximum absolute atomic E-state index is 12.0. The van der Waals surface area contributed by atoms with Crippen molar-refractivity contribution >= 4 is 17.3 Å². The summed E-state index contributed by atoms with van der Waals surface area (Å²) in [7, 11) is 0.